The van der Waals surface area contributed by atoms with Crippen LogP contribution in [0.5, 0.6) is 5.75 Å². The first-order chi connectivity index (χ1) is 6.93. The molecule has 2 nitrogen and oxygen atoms in total. The van der Waals surface area contributed by atoms with E-state index in [4.69, 9.17) is 4.74 Å². The number of ether oxygens (including phenoxy) is 1. The number of fused-ring (bicyclic) bond motifs is 2. The second-order valence-electron chi connectivity index (χ2n) is 3.82. The highest BCUT2D eigenvalue weighted by atomic mass is 16.5. The summed E-state index contributed by atoms with van der Waals surface area (Å²) in [6.07, 6.45) is 3.65. The molecule has 0 aliphatic carbocycles. The molecule has 2 aliphatic rings. The molecule has 1 N–H and O–H groups in total. The van der Waals surface area contributed by atoms with Crippen LogP contribution < -0.4 is 10.1 Å². The van der Waals surface area contributed by atoms with Crippen molar-refractivity contribution in [3.05, 3.63) is 35.4 Å². The Hall–Kier alpha value is -1.28. The molecule has 2 heteroatoms. The largest absolute Gasteiger partial charge is 0.484 e. The van der Waals surface area contributed by atoms with Gasteiger partial charge in [0.05, 0.1) is 0 Å². The second-order valence-corrected chi connectivity index (χ2v) is 3.82. The predicted octanol–water partition coefficient (Wildman–Crippen LogP) is 1.82. The number of piperidine rings is 1. The van der Waals surface area contributed by atoms with Crippen LogP contribution in [0.3, 0.4) is 0 Å². The molecule has 1 atom stereocenters. The molecule has 2 aliphatic heterocycles. The Morgan fingerprint density at radius 1 is 1.29 bits per heavy atom. The average Bonchev–Trinajstić information content (AvgIpc) is 2.26. The Morgan fingerprint density at radius 2 is 2.21 bits per heavy atom. The Morgan fingerprint density at radius 3 is 3.21 bits per heavy atom. The van der Waals surface area contributed by atoms with Crippen molar-refractivity contribution >= 4 is 6.08 Å². The van der Waals surface area contributed by atoms with Gasteiger partial charge in [0, 0.05) is 12.1 Å². The van der Waals surface area contributed by atoms with Crippen LogP contribution in [-0.2, 0) is 0 Å². The van der Waals surface area contributed by atoms with Crippen LogP contribution >= 0.6 is 0 Å². The van der Waals surface area contributed by atoms with Crippen LogP contribution in [-0.4, -0.2) is 19.2 Å². The lowest BCUT2D eigenvalue weighted by atomic mass is 9.96. The van der Waals surface area contributed by atoms with Crippen LogP contribution in [0.4, 0.5) is 0 Å². The van der Waals surface area contributed by atoms with Gasteiger partial charge in [0.25, 0.3) is 0 Å². The first-order valence-electron chi connectivity index (χ1n) is 5.10. The second kappa shape index (κ2) is 3.14. The lowest BCUT2D eigenvalue weighted by molar-refractivity contribution is 0.211. The number of para-hydroxylation sites is 1. The maximum absolute atomic E-state index is 5.91. The van der Waals surface area contributed by atoms with Crippen LogP contribution in [0.1, 0.15) is 12.0 Å². The zero-order valence-electron chi connectivity index (χ0n) is 7.99. The maximum Gasteiger partial charge on any atom is 0.133 e. The van der Waals surface area contributed by atoms with Crippen LogP contribution in [0, 0.1) is 0 Å². The van der Waals surface area contributed by atoms with Crippen LogP contribution in [0.2, 0.25) is 0 Å². The quantitative estimate of drug-likeness (QED) is 0.669. The molecule has 1 aromatic carbocycles. The van der Waals surface area contributed by atoms with Crippen molar-refractivity contribution in [1.29, 1.82) is 0 Å². The van der Waals surface area contributed by atoms with Gasteiger partial charge in [-0.25, -0.2) is 0 Å². The summed E-state index contributed by atoms with van der Waals surface area (Å²) in [5, 5.41) is 3.35. The van der Waals surface area contributed by atoms with Crippen molar-refractivity contribution < 1.29 is 4.74 Å². The van der Waals surface area contributed by atoms with Crippen molar-refractivity contribution in [3.8, 4) is 5.75 Å². The van der Waals surface area contributed by atoms with E-state index in [2.05, 4.69) is 23.5 Å². The third-order valence-electron chi connectivity index (χ3n) is 2.86. The lowest BCUT2D eigenvalue weighted by Crippen LogP contribution is -2.40. The Balaban J connectivity index is 2.03. The summed E-state index contributed by atoms with van der Waals surface area (Å²) in [6, 6.07) is 8.23. The summed E-state index contributed by atoms with van der Waals surface area (Å²) >= 11 is 0. The zero-order valence-corrected chi connectivity index (χ0v) is 7.99. The van der Waals surface area contributed by atoms with E-state index >= 15 is 0 Å². The van der Waals surface area contributed by atoms with Gasteiger partial charge in [-0.15, -0.1) is 0 Å². The Labute approximate surface area is 83.6 Å². The molecular formula is C12H13NO. The third-order valence-corrected chi connectivity index (χ3v) is 2.86. The van der Waals surface area contributed by atoms with Crippen molar-refractivity contribution in [2.45, 2.75) is 12.5 Å². The molecule has 14 heavy (non-hydrogen) atoms. The highest BCUT2D eigenvalue weighted by molar-refractivity contribution is 5.63. The number of rotatable bonds is 0. The van der Waals surface area contributed by atoms with Crippen molar-refractivity contribution in [2.24, 2.45) is 0 Å². The van der Waals surface area contributed by atoms with E-state index in [-0.39, 0.29) is 6.10 Å². The number of hydrogen-bond acceptors (Lipinski definition) is 2. The van der Waals surface area contributed by atoms with E-state index in [0.717, 1.165) is 25.3 Å². The number of nitrogens with one attached hydrogen (secondary N) is 1. The normalized spacial score (nSPS) is 24.3. The minimum absolute atomic E-state index is 0.263. The monoisotopic (exact) mass is 187 g/mol. The smallest absolute Gasteiger partial charge is 0.133 e. The Kier molecular flexibility index (Phi) is 1.81. The standard InChI is InChI=1S/C12H13NO/c1-2-4-11-9(3-1)7-10-5-6-13-8-12(10)14-11/h1-4,7,12-13H,5-6,8H2. The summed E-state index contributed by atoms with van der Waals surface area (Å²) in [6.45, 7) is 2.02. The van der Waals surface area contributed by atoms with E-state index in [1.54, 1.807) is 0 Å². The molecule has 3 rings (SSSR count). The van der Waals surface area contributed by atoms with E-state index in [9.17, 15) is 0 Å². The first kappa shape index (κ1) is 8.06. The molecule has 0 amide bonds. The molecule has 0 spiro atoms. The van der Waals surface area contributed by atoms with E-state index in [0.29, 0.717) is 0 Å². The van der Waals surface area contributed by atoms with E-state index in [1.807, 2.05) is 12.1 Å². The molecule has 0 saturated carbocycles. The summed E-state index contributed by atoms with van der Waals surface area (Å²) in [4.78, 5) is 0. The fraction of sp³-hybridized carbons (Fsp3) is 0.333. The van der Waals surface area contributed by atoms with E-state index in [1.165, 1.54) is 11.1 Å². The summed E-state index contributed by atoms with van der Waals surface area (Å²) < 4.78 is 5.91. The van der Waals surface area contributed by atoms with Gasteiger partial charge < -0.3 is 10.1 Å². The van der Waals surface area contributed by atoms with Gasteiger partial charge in [-0.3, -0.25) is 0 Å². The van der Waals surface area contributed by atoms with Gasteiger partial charge in [0.15, 0.2) is 0 Å². The zero-order chi connectivity index (χ0) is 9.38. The summed E-state index contributed by atoms with van der Waals surface area (Å²) in [5.41, 5.74) is 2.66. The summed E-state index contributed by atoms with van der Waals surface area (Å²) in [7, 11) is 0. The number of benzene rings is 1. The van der Waals surface area contributed by atoms with Gasteiger partial charge in [0.1, 0.15) is 11.9 Å². The highest BCUT2D eigenvalue weighted by Gasteiger charge is 2.24. The van der Waals surface area contributed by atoms with Gasteiger partial charge in [-0.05, 0) is 30.7 Å². The molecule has 0 radical (unpaired) electrons. The average molecular weight is 187 g/mol. The fourth-order valence-corrected chi connectivity index (χ4v) is 2.10. The molecule has 1 unspecified atom stereocenters. The number of hydrogen-bond donors (Lipinski definition) is 1. The third kappa shape index (κ3) is 1.23. The predicted molar refractivity (Wildman–Crippen MR) is 56.3 cm³/mol. The van der Waals surface area contributed by atoms with Crippen LogP contribution in [0.25, 0.3) is 6.08 Å². The van der Waals surface area contributed by atoms with Gasteiger partial charge >= 0.3 is 0 Å². The van der Waals surface area contributed by atoms with Crippen molar-refractivity contribution in [3.63, 3.8) is 0 Å². The highest BCUT2D eigenvalue weighted by Crippen LogP contribution is 2.31. The molecule has 72 valence electrons. The van der Waals surface area contributed by atoms with Gasteiger partial charge in [0.2, 0.25) is 0 Å². The Bertz CT molecular complexity index is 384. The molecule has 1 aromatic rings. The molecule has 2 heterocycles. The minimum Gasteiger partial charge on any atom is -0.484 e. The fourth-order valence-electron chi connectivity index (χ4n) is 2.10. The molecule has 1 saturated heterocycles. The van der Waals surface area contributed by atoms with E-state index < -0.39 is 0 Å². The maximum atomic E-state index is 5.91. The SMILES string of the molecule is C1=C2CCNCC2Oc2ccccc21. The van der Waals surface area contributed by atoms with Crippen molar-refractivity contribution in [1.82, 2.24) is 5.32 Å². The lowest BCUT2D eigenvalue weighted by Gasteiger charge is -2.31. The molecule has 0 bridgehead atoms. The molecule has 1 fully saturated rings. The van der Waals surface area contributed by atoms with Gasteiger partial charge in [-0.2, -0.15) is 0 Å². The van der Waals surface area contributed by atoms with Crippen LogP contribution in [0.15, 0.2) is 29.8 Å². The van der Waals surface area contributed by atoms with Gasteiger partial charge in [-0.1, -0.05) is 18.2 Å². The first-order valence-corrected chi connectivity index (χ1v) is 5.10. The molecule has 0 aromatic heterocycles. The minimum atomic E-state index is 0.263. The van der Waals surface area contributed by atoms with Crippen molar-refractivity contribution in [2.75, 3.05) is 13.1 Å². The topological polar surface area (TPSA) is 21.3 Å². The molecular weight excluding hydrogens is 174 g/mol. The summed E-state index contributed by atoms with van der Waals surface area (Å²) in [5.74, 6) is 1.02.